The maximum absolute atomic E-state index is 12.2. The molecule has 2 aromatic rings. The van der Waals surface area contributed by atoms with Gasteiger partial charge in [0.2, 0.25) is 0 Å². The summed E-state index contributed by atoms with van der Waals surface area (Å²) < 4.78 is 11.4. The number of cyclic esters (lactones) is 2. The van der Waals surface area contributed by atoms with Crippen LogP contribution in [0, 0.1) is 0 Å². The monoisotopic (exact) mass is 401 g/mol. The molecule has 0 aromatic heterocycles. The number of anilines is 1. The van der Waals surface area contributed by atoms with Crippen LogP contribution in [0.4, 0.5) is 5.69 Å². The highest BCUT2D eigenvalue weighted by Crippen LogP contribution is 2.30. The Kier molecular flexibility index (Phi) is 4.90. The Labute approximate surface area is 154 Å². The normalized spacial score (nSPS) is 16.9. The van der Waals surface area contributed by atoms with Crippen molar-refractivity contribution >= 4 is 39.6 Å². The largest absolute Gasteiger partial charge is 0.417 e. The molecule has 128 valence electrons. The molecule has 0 bridgehead atoms. The van der Waals surface area contributed by atoms with Gasteiger partial charge >= 0.3 is 11.9 Å². The number of carbonyl (C=O) groups is 2. The molecule has 0 aliphatic carbocycles. The van der Waals surface area contributed by atoms with Gasteiger partial charge in [-0.2, -0.15) is 0 Å². The summed E-state index contributed by atoms with van der Waals surface area (Å²) in [5.41, 5.74) is 2.16. The van der Waals surface area contributed by atoms with E-state index in [1.54, 1.807) is 24.3 Å². The molecule has 1 saturated heterocycles. The van der Waals surface area contributed by atoms with Crippen molar-refractivity contribution in [3.05, 3.63) is 69.7 Å². The molecule has 6 heteroatoms. The molecular formula is C19H16BrNO4. The number of hydrogen-bond acceptors (Lipinski definition) is 5. The van der Waals surface area contributed by atoms with E-state index in [1.165, 1.54) is 6.08 Å². The van der Waals surface area contributed by atoms with E-state index < -0.39 is 18.2 Å². The van der Waals surface area contributed by atoms with E-state index in [2.05, 4.69) is 15.9 Å². The van der Waals surface area contributed by atoms with Crippen LogP contribution in [-0.2, 0) is 19.1 Å². The highest BCUT2D eigenvalue weighted by molar-refractivity contribution is 9.10. The molecular weight excluding hydrogens is 386 g/mol. The smallest absolute Gasteiger partial charge is 0.348 e. The predicted octanol–water partition coefficient (Wildman–Crippen LogP) is 3.70. The van der Waals surface area contributed by atoms with Gasteiger partial charge in [0.05, 0.1) is 5.69 Å². The molecule has 5 nitrogen and oxygen atoms in total. The van der Waals surface area contributed by atoms with Gasteiger partial charge in [-0.3, -0.25) is 0 Å². The lowest BCUT2D eigenvalue weighted by molar-refractivity contribution is -0.195. The third-order valence-electron chi connectivity index (χ3n) is 3.70. The zero-order valence-corrected chi connectivity index (χ0v) is 15.3. The molecule has 1 aliphatic rings. The maximum Gasteiger partial charge on any atom is 0.348 e. The van der Waals surface area contributed by atoms with Crippen molar-refractivity contribution in [1.29, 1.82) is 0 Å². The number of hydrogen-bond donors (Lipinski definition) is 0. The molecule has 0 saturated carbocycles. The first kappa shape index (κ1) is 17.2. The Morgan fingerprint density at radius 1 is 1.00 bits per heavy atom. The van der Waals surface area contributed by atoms with Crippen LogP contribution in [0.3, 0.4) is 0 Å². The molecule has 2 aromatic carbocycles. The number of halogens is 1. The Balaban J connectivity index is 1.84. The average Bonchev–Trinajstić information content (AvgIpc) is 2.58. The van der Waals surface area contributed by atoms with Crippen LogP contribution < -0.4 is 4.90 Å². The molecule has 0 spiro atoms. The lowest BCUT2D eigenvalue weighted by Crippen LogP contribution is -2.29. The fourth-order valence-electron chi connectivity index (χ4n) is 2.44. The first-order chi connectivity index (χ1) is 12.0. The van der Waals surface area contributed by atoms with E-state index in [1.807, 2.05) is 43.3 Å². The van der Waals surface area contributed by atoms with Gasteiger partial charge < -0.3 is 14.4 Å². The van der Waals surface area contributed by atoms with E-state index in [-0.39, 0.29) is 5.57 Å². The highest BCUT2D eigenvalue weighted by atomic mass is 79.9. The average molecular weight is 402 g/mol. The fourth-order valence-corrected chi connectivity index (χ4v) is 3.19. The number of esters is 2. The number of ether oxygens (including phenoxy) is 2. The van der Waals surface area contributed by atoms with Gasteiger partial charge in [-0.1, -0.05) is 36.4 Å². The van der Waals surface area contributed by atoms with E-state index >= 15 is 0 Å². The quantitative estimate of drug-likeness (QED) is 0.445. The summed E-state index contributed by atoms with van der Waals surface area (Å²) in [4.78, 5) is 26.4. The van der Waals surface area contributed by atoms with Gasteiger partial charge in [-0.25, -0.2) is 9.59 Å². The minimum Gasteiger partial charge on any atom is -0.417 e. The van der Waals surface area contributed by atoms with Crippen molar-refractivity contribution in [3.8, 4) is 0 Å². The summed E-state index contributed by atoms with van der Waals surface area (Å²) in [5, 5.41) is 0. The topological polar surface area (TPSA) is 55.8 Å². The minimum atomic E-state index is -1.01. The Morgan fingerprint density at radius 2 is 1.64 bits per heavy atom. The van der Waals surface area contributed by atoms with Crippen LogP contribution in [0.15, 0.2) is 58.6 Å². The molecule has 25 heavy (non-hydrogen) atoms. The maximum atomic E-state index is 12.2. The van der Waals surface area contributed by atoms with Gasteiger partial charge in [0.15, 0.2) is 0 Å². The van der Waals surface area contributed by atoms with Crippen LogP contribution in [0.25, 0.3) is 6.08 Å². The summed E-state index contributed by atoms with van der Waals surface area (Å²) in [5.74, 6) is -1.39. The minimum absolute atomic E-state index is 0.128. The summed E-state index contributed by atoms with van der Waals surface area (Å²) >= 11 is 3.48. The van der Waals surface area contributed by atoms with Gasteiger partial charge in [0, 0.05) is 24.1 Å². The van der Waals surface area contributed by atoms with E-state index in [9.17, 15) is 9.59 Å². The van der Waals surface area contributed by atoms with Crippen LogP contribution >= 0.6 is 15.9 Å². The third-order valence-corrected chi connectivity index (χ3v) is 4.34. The second kappa shape index (κ2) is 7.11. The lowest BCUT2D eigenvalue weighted by atomic mass is 10.1. The molecule has 0 atom stereocenters. The zero-order chi connectivity index (χ0) is 18.0. The summed E-state index contributed by atoms with van der Waals surface area (Å²) in [7, 11) is 3.86. The molecule has 0 radical (unpaired) electrons. The van der Waals surface area contributed by atoms with Crippen LogP contribution in [0.2, 0.25) is 0 Å². The van der Waals surface area contributed by atoms with Crippen molar-refractivity contribution in [2.24, 2.45) is 0 Å². The Morgan fingerprint density at radius 3 is 2.20 bits per heavy atom. The van der Waals surface area contributed by atoms with Crippen LogP contribution in [-0.4, -0.2) is 26.0 Å². The summed E-state index contributed by atoms with van der Waals surface area (Å²) in [6, 6.07) is 14.4. The van der Waals surface area contributed by atoms with Gasteiger partial charge in [-0.15, -0.1) is 0 Å². The van der Waals surface area contributed by atoms with E-state index in [0.29, 0.717) is 11.1 Å². The number of benzene rings is 2. The molecule has 0 unspecified atom stereocenters. The number of carbonyl (C=O) groups excluding carboxylic acids is 2. The first-order valence-electron chi connectivity index (χ1n) is 7.61. The number of rotatable bonds is 3. The number of nitrogens with zero attached hydrogens (tertiary/aromatic N) is 1. The molecule has 0 amide bonds. The SMILES string of the molecule is CN(C)c1ccc(C=C2C(=O)OC(c3ccccc3)OC2=O)cc1Br. The standard InChI is InChI=1S/C19H16BrNO4/c1-21(2)16-9-8-12(11-15(16)20)10-14-17(22)24-19(25-18(14)23)13-6-4-3-5-7-13/h3-11,19H,1-2H3. The molecule has 1 fully saturated rings. The van der Waals surface area contributed by atoms with Crippen LogP contribution in [0.5, 0.6) is 0 Å². The predicted molar refractivity (Wildman–Crippen MR) is 97.8 cm³/mol. The molecule has 1 heterocycles. The van der Waals surface area contributed by atoms with Crippen molar-refractivity contribution < 1.29 is 19.1 Å². The molecule has 0 N–H and O–H groups in total. The van der Waals surface area contributed by atoms with Crippen molar-refractivity contribution in [2.75, 3.05) is 19.0 Å². The van der Waals surface area contributed by atoms with E-state index in [4.69, 9.17) is 9.47 Å². The Bertz CT molecular complexity index is 826. The van der Waals surface area contributed by atoms with Gasteiger partial charge in [0.25, 0.3) is 6.29 Å². The summed E-state index contributed by atoms with van der Waals surface area (Å²) in [6.45, 7) is 0. The van der Waals surface area contributed by atoms with Gasteiger partial charge in [-0.05, 0) is 39.7 Å². The van der Waals surface area contributed by atoms with Crippen LogP contribution in [0.1, 0.15) is 17.4 Å². The first-order valence-corrected chi connectivity index (χ1v) is 8.40. The Hall–Kier alpha value is -2.60. The lowest BCUT2D eigenvalue weighted by Gasteiger charge is -2.24. The van der Waals surface area contributed by atoms with Crippen molar-refractivity contribution in [2.45, 2.75) is 6.29 Å². The third kappa shape index (κ3) is 3.74. The zero-order valence-electron chi connectivity index (χ0n) is 13.7. The molecule has 1 aliphatic heterocycles. The fraction of sp³-hybridized carbons (Fsp3) is 0.158. The highest BCUT2D eigenvalue weighted by Gasteiger charge is 2.34. The van der Waals surface area contributed by atoms with Crippen molar-refractivity contribution in [1.82, 2.24) is 0 Å². The van der Waals surface area contributed by atoms with E-state index in [0.717, 1.165) is 10.2 Å². The second-order valence-electron chi connectivity index (χ2n) is 5.72. The summed E-state index contributed by atoms with van der Waals surface area (Å²) in [6.07, 6.45) is 0.456. The van der Waals surface area contributed by atoms with Crippen molar-refractivity contribution in [3.63, 3.8) is 0 Å². The second-order valence-corrected chi connectivity index (χ2v) is 6.57. The molecule has 3 rings (SSSR count). The van der Waals surface area contributed by atoms with Gasteiger partial charge in [0.1, 0.15) is 5.57 Å².